The largest absolute Gasteiger partial charge is 0.381 e. The van der Waals surface area contributed by atoms with E-state index in [-0.39, 0.29) is 0 Å². The van der Waals surface area contributed by atoms with Gasteiger partial charge in [0.25, 0.3) is 0 Å². The number of ether oxygens (including phenoxy) is 1. The molecule has 1 aromatic carbocycles. The average molecular weight is 326 g/mol. The van der Waals surface area contributed by atoms with Crippen LogP contribution in [0.3, 0.4) is 0 Å². The number of alkyl halides is 1. The second-order valence-electron chi connectivity index (χ2n) is 5.60. The molecule has 0 aromatic heterocycles. The highest BCUT2D eigenvalue weighted by atomic mass is 79.9. The summed E-state index contributed by atoms with van der Waals surface area (Å²) in [5.41, 5.74) is 3.03. The van der Waals surface area contributed by atoms with Crippen LogP contribution in [0, 0.1) is 12.3 Å². The van der Waals surface area contributed by atoms with Crippen LogP contribution in [0.2, 0.25) is 0 Å². The Hall–Kier alpha value is -0.540. The third-order valence-electron chi connectivity index (χ3n) is 4.11. The third-order valence-corrected chi connectivity index (χ3v) is 5.30. The van der Waals surface area contributed by atoms with Crippen LogP contribution < -0.4 is 4.90 Å². The Labute approximate surface area is 125 Å². The van der Waals surface area contributed by atoms with E-state index >= 15 is 0 Å². The molecule has 0 unspecified atom stereocenters. The quantitative estimate of drug-likeness (QED) is 0.758. The summed E-state index contributed by atoms with van der Waals surface area (Å²) in [6.07, 6.45) is 2.31. The second kappa shape index (κ2) is 6.76. The minimum Gasteiger partial charge on any atom is -0.381 e. The lowest BCUT2D eigenvalue weighted by Gasteiger charge is -2.40. The van der Waals surface area contributed by atoms with Gasteiger partial charge >= 0.3 is 0 Å². The number of benzene rings is 1. The van der Waals surface area contributed by atoms with Gasteiger partial charge in [-0.3, -0.25) is 0 Å². The standard InChI is InChI=1S/C16H24BrNO/c1-3-18(15-6-4-5-14(2)11-15)13-16(12-17)7-9-19-10-8-16/h4-6,11H,3,7-10,12-13H2,1-2H3. The summed E-state index contributed by atoms with van der Waals surface area (Å²) >= 11 is 3.73. The zero-order valence-electron chi connectivity index (χ0n) is 12.0. The molecule has 1 heterocycles. The van der Waals surface area contributed by atoms with Crippen molar-refractivity contribution >= 4 is 21.6 Å². The zero-order valence-corrected chi connectivity index (χ0v) is 13.6. The molecule has 1 fully saturated rings. The first kappa shape index (κ1) is 14.9. The van der Waals surface area contributed by atoms with Crippen LogP contribution in [-0.2, 0) is 4.74 Å². The Bertz CT molecular complexity index is 401. The molecule has 0 N–H and O–H groups in total. The first-order chi connectivity index (χ1) is 9.19. The van der Waals surface area contributed by atoms with Gasteiger partial charge in [0.1, 0.15) is 0 Å². The van der Waals surface area contributed by atoms with Crippen LogP contribution >= 0.6 is 15.9 Å². The topological polar surface area (TPSA) is 12.5 Å². The fourth-order valence-electron chi connectivity index (χ4n) is 2.75. The summed E-state index contributed by atoms with van der Waals surface area (Å²) in [6, 6.07) is 8.81. The van der Waals surface area contributed by atoms with E-state index in [1.54, 1.807) is 0 Å². The molecule has 3 heteroatoms. The van der Waals surface area contributed by atoms with Crippen molar-refractivity contribution in [1.29, 1.82) is 0 Å². The number of hydrogen-bond donors (Lipinski definition) is 0. The van der Waals surface area contributed by atoms with Gasteiger partial charge in [-0.15, -0.1) is 0 Å². The molecule has 19 heavy (non-hydrogen) atoms. The highest BCUT2D eigenvalue weighted by Crippen LogP contribution is 2.34. The van der Waals surface area contributed by atoms with E-state index in [0.717, 1.165) is 44.5 Å². The minimum atomic E-state index is 0.359. The van der Waals surface area contributed by atoms with E-state index in [4.69, 9.17) is 4.74 Å². The predicted molar refractivity (Wildman–Crippen MR) is 85.3 cm³/mol. The molecule has 1 aliphatic rings. The van der Waals surface area contributed by atoms with Crippen molar-refractivity contribution in [1.82, 2.24) is 0 Å². The summed E-state index contributed by atoms with van der Waals surface area (Å²) in [5, 5.41) is 1.06. The number of rotatable bonds is 5. The maximum Gasteiger partial charge on any atom is 0.0472 e. The van der Waals surface area contributed by atoms with E-state index in [1.165, 1.54) is 11.3 Å². The van der Waals surface area contributed by atoms with Crippen LogP contribution in [0.1, 0.15) is 25.3 Å². The fraction of sp³-hybridized carbons (Fsp3) is 0.625. The maximum atomic E-state index is 5.53. The molecular formula is C16H24BrNO. The van der Waals surface area contributed by atoms with Crippen molar-refractivity contribution in [3.05, 3.63) is 29.8 Å². The first-order valence-electron chi connectivity index (χ1n) is 7.14. The Balaban J connectivity index is 2.13. The molecule has 106 valence electrons. The summed E-state index contributed by atoms with van der Waals surface area (Å²) in [4.78, 5) is 2.50. The van der Waals surface area contributed by atoms with Crippen LogP contribution in [0.15, 0.2) is 24.3 Å². The lowest BCUT2D eigenvalue weighted by atomic mass is 9.81. The molecule has 2 nitrogen and oxygen atoms in total. The normalized spacial score (nSPS) is 18.3. The summed E-state index contributed by atoms with van der Waals surface area (Å²) in [6.45, 7) is 8.37. The molecule has 0 atom stereocenters. The van der Waals surface area contributed by atoms with Gasteiger partial charge in [-0.05, 0) is 44.4 Å². The molecule has 2 rings (SSSR count). The number of aryl methyl sites for hydroxylation is 1. The second-order valence-corrected chi connectivity index (χ2v) is 6.16. The molecule has 0 amide bonds. The van der Waals surface area contributed by atoms with Crippen molar-refractivity contribution in [3.8, 4) is 0 Å². The molecular weight excluding hydrogens is 302 g/mol. The number of anilines is 1. The number of hydrogen-bond acceptors (Lipinski definition) is 2. The zero-order chi connectivity index (χ0) is 13.7. The Morgan fingerprint density at radius 1 is 1.32 bits per heavy atom. The molecule has 1 aromatic rings. The van der Waals surface area contributed by atoms with Gasteiger partial charge in [-0.1, -0.05) is 28.1 Å². The van der Waals surface area contributed by atoms with Crippen molar-refractivity contribution < 1.29 is 4.74 Å². The summed E-state index contributed by atoms with van der Waals surface area (Å²) in [7, 11) is 0. The van der Waals surface area contributed by atoms with E-state index < -0.39 is 0 Å². The van der Waals surface area contributed by atoms with Gasteiger partial charge in [0.2, 0.25) is 0 Å². The summed E-state index contributed by atoms with van der Waals surface area (Å²) < 4.78 is 5.53. The van der Waals surface area contributed by atoms with E-state index in [1.807, 2.05) is 0 Å². The molecule has 0 radical (unpaired) electrons. The van der Waals surface area contributed by atoms with Crippen LogP contribution in [-0.4, -0.2) is 31.6 Å². The van der Waals surface area contributed by atoms with Gasteiger partial charge < -0.3 is 9.64 Å². The minimum absolute atomic E-state index is 0.359. The monoisotopic (exact) mass is 325 g/mol. The fourth-order valence-corrected chi connectivity index (χ4v) is 3.49. The molecule has 0 spiro atoms. The maximum absolute atomic E-state index is 5.53. The van der Waals surface area contributed by atoms with E-state index in [9.17, 15) is 0 Å². The Morgan fingerprint density at radius 3 is 2.63 bits per heavy atom. The van der Waals surface area contributed by atoms with Gasteiger partial charge in [0, 0.05) is 42.7 Å². The number of halogens is 1. The van der Waals surface area contributed by atoms with Crippen LogP contribution in [0.4, 0.5) is 5.69 Å². The van der Waals surface area contributed by atoms with Crippen molar-refractivity contribution in [3.63, 3.8) is 0 Å². The van der Waals surface area contributed by atoms with Crippen LogP contribution in [0.5, 0.6) is 0 Å². The van der Waals surface area contributed by atoms with Crippen molar-refractivity contribution in [2.24, 2.45) is 5.41 Å². The smallest absolute Gasteiger partial charge is 0.0472 e. The Kier molecular flexibility index (Phi) is 5.28. The Morgan fingerprint density at radius 2 is 2.05 bits per heavy atom. The SMILES string of the molecule is CCN(CC1(CBr)CCOCC1)c1cccc(C)c1. The highest BCUT2D eigenvalue weighted by molar-refractivity contribution is 9.09. The third kappa shape index (κ3) is 3.73. The lowest BCUT2D eigenvalue weighted by Crippen LogP contribution is -2.42. The molecule has 0 bridgehead atoms. The molecule has 1 saturated heterocycles. The van der Waals surface area contributed by atoms with Crippen molar-refractivity contribution in [2.75, 3.05) is 36.5 Å². The predicted octanol–water partition coefficient (Wildman–Crippen LogP) is 4.01. The van der Waals surface area contributed by atoms with Gasteiger partial charge in [0.05, 0.1) is 0 Å². The average Bonchev–Trinajstić information content (AvgIpc) is 2.46. The molecule has 0 saturated carbocycles. The number of nitrogens with zero attached hydrogens (tertiary/aromatic N) is 1. The highest BCUT2D eigenvalue weighted by Gasteiger charge is 2.33. The lowest BCUT2D eigenvalue weighted by molar-refractivity contribution is 0.0301. The van der Waals surface area contributed by atoms with Crippen LogP contribution in [0.25, 0.3) is 0 Å². The molecule has 0 aliphatic carbocycles. The van der Waals surface area contributed by atoms with E-state index in [0.29, 0.717) is 5.41 Å². The molecule has 1 aliphatic heterocycles. The van der Waals surface area contributed by atoms with Crippen molar-refractivity contribution in [2.45, 2.75) is 26.7 Å². The first-order valence-corrected chi connectivity index (χ1v) is 8.26. The van der Waals surface area contributed by atoms with Gasteiger partial charge in [-0.25, -0.2) is 0 Å². The van der Waals surface area contributed by atoms with E-state index in [2.05, 4.69) is 58.9 Å². The summed E-state index contributed by atoms with van der Waals surface area (Å²) in [5.74, 6) is 0. The van der Waals surface area contributed by atoms with Gasteiger partial charge in [-0.2, -0.15) is 0 Å². The van der Waals surface area contributed by atoms with Gasteiger partial charge in [0.15, 0.2) is 0 Å².